The van der Waals surface area contributed by atoms with E-state index in [9.17, 15) is 10.1 Å². The van der Waals surface area contributed by atoms with Gasteiger partial charge in [0.05, 0.1) is 0 Å². The van der Waals surface area contributed by atoms with Crippen molar-refractivity contribution >= 4 is 0 Å². The second-order valence-electron chi connectivity index (χ2n) is 2.84. The monoisotopic (exact) mass is 145 g/mol. The molecule has 4 heteroatoms. The molecule has 0 aromatic rings. The molecule has 1 fully saturated rings. The number of hydrogen-bond donors (Lipinski definition) is 0. The Morgan fingerprint density at radius 2 is 2.40 bits per heavy atom. The zero-order chi connectivity index (χ0) is 7.78. The maximum atomic E-state index is 9.94. The van der Waals surface area contributed by atoms with Gasteiger partial charge in [-0.2, -0.15) is 0 Å². The lowest BCUT2D eigenvalue weighted by atomic mass is 10.2. The highest BCUT2D eigenvalue weighted by atomic mass is 17.0. The summed E-state index contributed by atoms with van der Waals surface area (Å²) in [4.78, 5) is 14.5. The van der Waals surface area contributed by atoms with Crippen LogP contribution in [0.5, 0.6) is 0 Å². The molecule has 2 atom stereocenters. The van der Waals surface area contributed by atoms with Gasteiger partial charge in [0.15, 0.2) is 0 Å². The average Bonchev–Trinajstić information content (AvgIpc) is 2.42. The Kier molecular flexibility index (Phi) is 1.54. The zero-order valence-electron chi connectivity index (χ0n) is 6.16. The zero-order valence-corrected chi connectivity index (χ0v) is 6.16. The van der Waals surface area contributed by atoms with Crippen molar-refractivity contribution in [3.05, 3.63) is 10.1 Å². The van der Waals surface area contributed by atoms with Gasteiger partial charge in [0, 0.05) is 0 Å². The van der Waals surface area contributed by atoms with E-state index in [2.05, 4.69) is 4.84 Å². The van der Waals surface area contributed by atoms with Crippen LogP contribution in [0.15, 0.2) is 0 Å². The van der Waals surface area contributed by atoms with Crippen molar-refractivity contribution in [2.75, 3.05) is 0 Å². The lowest BCUT2D eigenvalue weighted by Crippen LogP contribution is -2.19. The van der Waals surface area contributed by atoms with E-state index in [1.165, 1.54) is 0 Å². The molecule has 0 amide bonds. The molecule has 0 heterocycles. The lowest BCUT2D eigenvalue weighted by molar-refractivity contribution is -0.774. The van der Waals surface area contributed by atoms with E-state index in [0.717, 1.165) is 12.8 Å². The molecule has 0 saturated heterocycles. The molecule has 58 valence electrons. The van der Waals surface area contributed by atoms with Gasteiger partial charge < -0.3 is 4.84 Å². The van der Waals surface area contributed by atoms with Gasteiger partial charge in [-0.15, -0.1) is 10.1 Å². The number of rotatable bonds is 3. The molecule has 0 N–H and O–H groups in total. The third kappa shape index (κ3) is 1.05. The molecule has 10 heavy (non-hydrogen) atoms. The molecule has 1 rings (SSSR count). The maximum Gasteiger partial charge on any atom is 0.295 e. The first-order valence-electron chi connectivity index (χ1n) is 3.44. The molecule has 2 unspecified atom stereocenters. The van der Waals surface area contributed by atoms with Crippen molar-refractivity contribution in [3.63, 3.8) is 0 Å². The number of nitrogens with zero attached hydrogens (tertiary/aromatic N) is 1. The first-order chi connectivity index (χ1) is 4.60. The van der Waals surface area contributed by atoms with Crippen LogP contribution < -0.4 is 0 Å². The van der Waals surface area contributed by atoms with Gasteiger partial charge in [0.25, 0.3) is 5.09 Å². The van der Waals surface area contributed by atoms with Gasteiger partial charge in [-0.3, -0.25) is 0 Å². The third-order valence-electron chi connectivity index (χ3n) is 2.24. The van der Waals surface area contributed by atoms with E-state index < -0.39 is 10.7 Å². The van der Waals surface area contributed by atoms with E-state index in [-0.39, 0.29) is 0 Å². The van der Waals surface area contributed by atoms with Crippen molar-refractivity contribution in [1.29, 1.82) is 0 Å². The summed E-state index contributed by atoms with van der Waals surface area (Å²) < 4.78 is 0. The molecule has 1 aliphatic carbocycles. The molecule has 0 aromatic carbocycles. The van der Waals surface area contributed by atoms with Crippen molar-refractivity contribution in [2.24, 2.45) is 5.92 Å². The van der Waals surface area contributed by atoms with Crippen LogP contribution in [0.1, 0.15) is 26.7 Å². The number of hydrogen-bond acceptors (Lipinski definition) is 3. The minimum atomic E-state index is -0.688. The molecule has 4 nitrogen and oxygen atoms in total. The molecule has 0 radical (unpaired) electrons. The van der Waals surface area contributed by atoms with Gasteiger partial charge >= 0.3 is 0 Å². The van der Waals surface area contributed by atoms with Crippen LogP contribution >= 0.6 is 0 Å². The quantitative estimate of drug-likeness (QED) is 0.445. The molecule has 1 saturated carbocycles. The maximum absolute atomic E-state index is 9.94. The Bertz CT molecular complexity index is 155. The van der Waals surface area contributed by atoms with E-state index >= 15 is 0 Å². The fourth-order valence-electron chi connectivity index (χ4n) is 1.29. The Balaban J connectivity index is 2.45. The van der Waals surface area contributed by atoms with Crippen LogP contribution in [-0.4, -0.2) is 10.7 Å². The van der Waals surface area contributed by atoms with Crippen LogP contribution in [0.25, 0.3) is 0 Å². The minimum Gasteiger partial charge on any atom is -0.307 e. The van der Waals surface area contributed by atoms with Crippen molar-refractivity contribution in [2.45, 2.75) is 32.3 Å². The summed E-state index contributed by atoms with van der Waals surface area (Å²) in [5.41, 5.74) is -0.427. The molecular weight excluding hydrogens is 134 g/mol. The summed E-state index contributed by atoms with van der Waals surface area (Å²) in [5.74, 6) is 0.350. The summed E-state index contributed by atoms with van der Waals surface area (Å²) in [6, 6.07) is 0. The van der Waals surface area contributed by atoms with E-state index in [1.54, 1.807) is 0 Å². The van der Waals surface area contributed by atoms with Gasteiger partial charge in [0.1, 0.15) is 5.60 Å². The van der Waals surface area contributed by atoms with Crippen molar-refractivity contribution in [1.82, 2.24) is 0 Å². The van der Waals surface area contributed by atoms with Gasteiger partial charge in [0.2, 0.25) is 0 Å². The summed E-state index contributed by atoms with van der Waals surface area (Å²) in [5, 5.41) is 9.26. The van der Waals surface area contributed by atoms with E-state index in [0.29, 0.717) is 5.92 Å². The third-order valence-corrected chi connectivity index (χ3v) is 2.24. The fraction of sp³-hybridized carbons (Fsp3) is 1.00. The van der Waals surface area contributed by atoms with Crippen LogP contribution in [0, 0.1) is 16.0 Å². The van der Waals surface area contributed by atoms with Gasteiger partial charge in [-0.25, -0.2) is 0 Å². The SMILES string of the molecule is CCC1(O[N+](=O)[O-])CC1C. The van der Waals surface area contributed by atoms with Gasteiger partial charge in [-0.1, -0.05) is 13.8 Å². The van der Waals surface area contributed by atoms with Crippen LogP contribution in [-0.2, 0) is 4.84 Å². The highest BCUT2D eigenvalue weighted by molar-refractivity contribution is 5.00. The van der Waals surface area contributed by atoms with Crippen LogP contribution in [0.4, 0.5) is 0 Å². The van der Waals surface area contributed by atoms with Gasteiger partial charge in [-0.05, 0) is 18.8 Å². The summed E-state index contributed by atoms with van der Waals surface area (Å²) in [6.45, 7) is 3.88. The molecule has 1 aliphatic rings. The van der Waals surface area contributed by atoms with Crippen molar-refractivity contribution in [3.8, 4) is 0 Å². The summed E-state index contributed by atoms with van der Waals surface area (Å²) in [6.07, 6.45) is 1.56. The molecule has 0 spiro atoms. The standard InChI is InChI=1S/C6H11NO3/c1-3-6(4-5(6)2)10-7(8)9/h5H,3-4H2,1-2H3. The predicted molar refractivity (Wildman–Crippen MR) is 34.9 cm³/mol. The highest BCUT2D eigenvalue weighted by Gasteiger charge is 2.53. The Morgan fingerprint density at radius 1 is 1.90 bits per heavy atom. The van der Waals surface area contributed by atoms with E-state index in [1.807, 2.05) is 13.8 Å². The largest absolute Gasteiger partial charge is 0.307 e. The summed E-state index contributed by atoms with van der Waals surface area (Å²) >= 11 is 0. The molecule has 0 aliphatic heterocycles. The first-order valence-corrected chi connectivity index (χ1v) is 3.44. The lowest BCUT2D eigenvalue weighted by Gasteiger charge is -2.09. The first kappa shape index (κ1) is 7.31. The second-order valence-corrected chi connectivity index (χ2v) is 2.84. The second kappa shape index (κ2) is 2.11. The smallest absolute Gasteiger partial charge is 0.295 e. The van der Waals surface area contributed by atoms with Crippen molar-refractivity contribution < 1.29 is 9.92 Å². The Labute approximate surface area is 59.3 Å². The van der Waals surface area contributed by atoms with Crippen LogP contribution in [0.2, 0.25) is 0 Å². The van der Waals surface area contributed by atoms with E-state index in [4.69, 9.17) is 0 Å². The van der Waals surface area contributed by atoms with Crippen LogP contribution in [0.3, 0.4) is 0 Å². The Hall–Kier alpha value is -0.800. The minimum absolute atomic E-state index is 0.350. The average molecular weight is 145 g/mol. The highest BCUT2D eigenvalue weighted by Crippen LogP contribution is 2.48. The predicted octanol–water partition coefficient (Wildman–Crippen LogP) is 1.38. The summed E-state index contributed by atoms with van der Waals surface area (Å²) in [7, 11) is 0. The molecule has 0 aromatic heterocycles. The molecular formula is C6H11NO3. The fourth-order valence-corrected chi connectivity index (χ4v) is 1.29. The topological polar surface area (TPSA) is 52.4 Å². The normalized spacial score (nSPS) is 37.2. The Morgan fingerprint density at radius 3 is 2.50 bits per heavy atom. The molecule has 0 bridgehead atoms.